The molecule has 1 aliphatic rings. The molecule has 84 valence electrons. The molecule has 0 aromatic carbocycles. The van der Waals surface area contributed by atoms with Crippen LogP contribution in [0.15, 0.2) is 6.33 Å². The van der Waals surface area contributed by atoms with Crippen molar-refractivity contribution in [1.82, 2.24) is 20.1 Å². The predicted molar refractivity (Wildman–Crippen MR) is 59.7 cm³/mol. The van der Waals surface area contributed by atoms with Crippen LogP contribution in [-0.2, 0) is 6.54 Å². The van der Waals surface area contributed by atoms with Gasteiger partial charge in [-0.1, -0.05) is 13.8 Å². The first-order valence-electron chi connectivity index (χ1n) is 5.86. The molecule has 0 spiro atoms. The number of hydrogen-bond acceptors (Lipinski definition) is 3. The molecule has 1 aromatic heterocycles. The summed E-state index contributed by atoms with van der Waals surface area (Å²) in [7, 11) is 0. The van der Waals surface area contributed by atoms with Crippen LogP contribution in [0.2, 0.25) is 0 Å². The van der Waals surface area contributed by atoms with E-state index in [0.29, 0.717) is 5.92 Å². The average molecular weight is 208 g/mol. The fourth-order valence-electron chi connectivity index (χ4n) is 2.01. The molecule has 1 N–H and O–H groups in total. The van der Waals surface area contributed by atoms with Gasteiger partial charge in [-0.15, -0.1) is 0 Å². The SMILES string of the molecule is CC(C)c1ncn(CC2CCCNC2)n1. The van der Waals surface area contributed by atoms with Gasteiger partial charge >= 0.3 is 0 Å². The molecule has 1 aliphatic heterocycles. The van der Waals surface area contributed by atoms with E-state index in [1.807, 2.05) is 11.0 Å². The van der Waals surface area contributed by atoms with E-state index in [1.165, 1.54) is 19.4 Å². The number of aromatic nitrogens is 3. The van der Waals surface area contributed by atoms with E-state index in [0.717, 1.165) is 24.8 Å². The van der Waals surface area contributed by atoms with Crippen LogP contribution in [0, 0.1) is 5.92 Å². The molecule has 1 unspecified atom stereocenters. The monoisotopic (exact) mass is 208 g/mol. The smallest absolute Gasteiger partial charge is 0.153 e. The normalized spacial score (nSPS) is 22.2. The fourth-order valence-corrected chi connectivity index (χ4v) is 2.01. The summed E-state index contributed by atoms with van der Waals surface area (Å²) in [4.78, 5) is 4.31. The maximum Gasteiger partial charge on any atom is 0.153 e. The Morgan fingerprint density at radius 2 is 2.47 bits per heavy atom. The molecular weight excluding hydrogens is 188 g/mol. The van der Waals surface area contributed by atoms with Crippen LogP contribution in [0.4, 0.5) is 0 Å². The zero-order chi connectivity index (χ0) is 10.7. The largest absolute Gasteiger partial charge is 0.316 e. The van der Waals surface area contributed by atoms with Crippen molar-refractivity contribution >= 4 is 0 Å². The third kappa shape index (κ3) is 2.78. The standard InChI is InChI=1S/C11H20N4/c1-9(2)11-13-8-15(14-11)7-10-4-3-5-12-6-10/h8-10,12H,3-7H2,1-2H3. The maximum atomic E-state index is 4.48. The lowest BCUT2D eigenvalue weighted by atomic mass is 10.00. The van der Waals surface area contributed by atoms with Gasteiger partial charge in [0.2, 0.25) is 0 Å². The summed E-state index contributed by atoms with van der Waals surface area (Å²) >= 11 is 0. The molecule has 1 fully saturated rings. The first-order valence-corrected chi connectivity index (χ1v) is 5.86. The molecule has 1 atom stereocenters. The quantitative estimate of drug-likeness (QED) is 0.816. The molecule has 0 amide bonds. The summed E-state index contributed by atoms with van der Waals surface area (Å²) in [5.74, 6) is 2.11. The van der Waals surface area contributed by atoms with Gasteiger partial charge in [0, 0.05) is 12.5 Å². The molecular formula is C11H20N4. The van der Waals surface area contributed by atoms with E-state index in [2.05, 4.69) is 29.2 Å². The molecule has 4 heteroatoms. The van der Waals surface area contributed by atoms with Gasteiger partial charge in [0.05, 0.1) is 0 Å². The van der Waals surface area contributed by atoms with Gasteiger partial charge in [0.1, 0.15) is 6.33 Å². The lowest BCUT2D eigenvalue weighted by molar-refractivity contribution is 0.324. The highest BCUT2D eigenvalue weighted by atomic mass is 15.3. The number of nitrogens with one attached hydrogen (secondary N) is 1. The van der Waals surface area contributed by atoms with E-state index < -0.39 is 0 Å². The van der Waals surface area contributed by atoms with Crippen LogP contribution in [0.25, 0.3) is 0 Å². The van der Waals surface area contributed by atoms with Crippen LogP contribution >= 0.6 is 0 Å². The van der Waals surface area contributed by atoms with Gasteiger partial charge in [0.15, 0.2) is 5.82 Å². The summed E-state index contributed by atoms with van der Waals surface area (Å²) in [6, 6.07) is 0. The van der Waals surface area contributed by atoms with Gasteiger partial charge in [0.25, 0.3) is 0 Å². The van der Waals surface area contributed by atoms with Crippen molar-refractivity contribution in [3.63, 3.8) is 0 Å². The first-order chi connectivity index (χ1) is 7.25. The van der Waals surface area contributed by atoms with Crippen molar-refractivity contribution < 1.29 is 0 Å². The van der Waals surface area contributed by atoms with Crippen molar-refractivity contribution in [2.45, 2.75) is 39.2 Å². The molecule has 2 rings (SSSR count). The molecule has 0 radical (unpaired) electrons. The highest BCUT2D eigenvalue weighted by molar-refractivity contribution is 4.88. The molecule has 0 bridgehead atoms. The number of hydrogen-bond donors (Lipinski definition) is 1. The van der Waals surface area contributed by atoms with E-state index in [-0.39, 0.29) is 0 Å². The molecule has 1 aromatic rings. The summed E-state index contributed by atoms with van der Waals surface area (Å²) < 4.78 is 1.99. The van der Waals surface area contributed by atoms with Gasteiger partial charge < -0.3 is 5.32 Å². The topological polar surface area (TPSA) is 42.7 Å². The van der Waals surface area contributed by atoms with Gasteiger partial charge in [-0.05, 0) is 31.8 Å². The van der Waals surface area contributed by atoms with E-state index in [1.54, 1.807) is 0 Å². The van der Waals surface area contributed by atoms with Crippen LogP contribution < -0.4 is 5.32 Å². The van der Waals surface area contributed by atoms with E-state index >= 15 is 0 Å². The minimum Gasteiger partial charge on any atom is -0.316 e. The Kier molecular flexibility index (Phi) is 3.36. The van der Waals surface area contributed by atoms with Crippen molar-refractivity contribution in [2.24, 2.45) is 5.92 Å². The molecule has 0 saturated carbocycles. The van der Waals surface area contributed by atoms with Gasteiger partial charge in [-0.25, -0.2) is 4.98 Å². The molecule has 2 heterocycles. The lowest BCUT2D eigenvalue weighted by Gasteiger charge is -2.22. The highest BCUT2D eigenvalue weighted by Crippen LogP contribution is 2.13. The van der Waals surface area contributed by atoms with Crippen molar-refractivity contribution in [1.29, 1.82) is 0 Å². The van der Waals surface area contributed by atoms with Crippen molar-refractivity contribution in [2.75, 3.05) is 13.1 Å². The summed E-state index contributed by atoms with van der Waals surface area (Å²) in [6.07, 6.45) is 4.46. The van der Waals surface area contributed by atoms with Gasteiger partial charge in [-0.2, -0.15) is 5.10 Å². The number of rotatable bonds is 3. The van der Waals surface area contributed by atoms with Crippen LogP contribution in [0.3, 0.4) is 0 Å². The number of piperidine rings is 1. The Balaban J connectivity index is 1.91. The summed E-state index contributed by atoms with van der Waals surface area (Å²) in [5, 5.41) is 7.90. The minimum atomic E-state index is 0.427. The molecule has 4 nitrogen and oxygen atoms in total. The average Bonchev–Trinajstić information content (AvgIpc) is 2.68. The summed E-state index contributed by atoms with van der Waals surface area (Å²) in [6.45, 7) is 7.55. The predicted octanol–water partition coefficient (Wildman–Crippen LogP) is 1.40. The zero-order valence-electron chi connectivity index (χ0n) is 9.61. The van der Waals surface area contributed by atoms with E-state index in [9.17, 15) is 0 Å². The first kappa shape index (κ1) is 10.6. The zero-order valence-corrected chi connectivity index (χ0v) is 9.61. The summed E-state index contributed by atoms with van der Waals surface area (Å²) in [5.41, 5.74) is 0. The number of nitrogens with zero attached hydrogens (tertiary/aromatic N) is 3. The van der Waals surface area contributed by atoms with Crippen molar-refractivity contribution in [3.05, 3.63) is 12.2 Å². The second-order valence-electron chi connectivity index (χ2n) is 4.69. The molecule has 15 heavy (non-hydrogen) atoms. The highest BCUT2D eigenvalue weighted by Gasteiger charge is 2.14. The Morgan fingerprint density at radius 1 is 1.60 bits per heavy atom. The second kappa shape index (κ2) is 4.75. The Morgan fingerprint density at radius 3 is 3.07 bits per heavy atom. The van der Waals surface area contributed by atoms with Crippen molar-refractivity contribution in [3.8, 4) is 0 Å². The van der Waals surface area contributed by atoms with Crippen LogP contribution in [-0.4, -0.2) is 27.9 Å². The fraction of sp³-hybridized carbons (Fsp3) is 0.818. The maximum absolute atomic E-state index is 4.48. The molecule has 0 aliphatic carbocycles. The Hall–Kier alpha value is -0.900. The van der Waals surface area contributed by atoms with Crippen LogP contribution in [0.5, 0.6) is 0 Å². The Labute approximate surface area is 91.1 Å². The van der Waals surface area contributed by atoms with E-state index in [4.69, 9.17) is 0 Å². The molecule has 1 saturated heterocycles. The van der Waals surface area contributed by atoms with Crippen LogP contribution in [0.1, 0.15) is 38.4 Å². The third-order valence-electron chi connectivity index (χ3n) is 2.91. The Bertz CT molecular complexity index is 299. The minimum absolute atomic E-state index is 0.427. The third-order valence-corrected chi connectivity index (χ3v) is 2.91. The lowest BCUT2D eigenvalue weighted by Crippen LogP contribution is -2.32. The second-order valence-corrected chi connectivity index (χ2v) is 4.69. The van der Waals surface area contributed by atoms with Gasteiger partial charge in [-0.3, -0.25) is 4.68 Å².